The average molecular weight is 287 g/mol. The molecule has 2 aromatic rings. The lowest BCUT2D eigenvalue weighted by Gasteiger charge is -2.18. The van der Waals surface area contributed by atoms with Crippen LogP contribution < -0.4 is 16.5 Å². The minimum atomic E-state index is -0.346. The Morgan fingerprint density at radius 2 is 1.86 bits per heavy atom. The van der Waals surface area contributed by atoms with E-state index in [0.29, 0.717) is 18.8 Å². The van der Waals surface area contributed by atoms with E-state index in [0.717, 1.165) is 17.7 Å². The third-order valence-corrected chi connectivity index (χ3v) is 3.40. The second kappa shape index (κ2) is 6.49. The summed E-state index contributed by atoms with van der Waals surface area (Å²) in [5, 5.41) is 1.37. The van der Waals surface area contributed by atoms with Crippen molar-refractivity contribution in [3.8, 4) is 5.69 Å². The van der Waals surface area contributed by atoms with Gasteiger partial charge in [-0.15, -0.1) is 0 Å². The normalized spacial score (nSPS) is 10.7. The van der Waals surface area contributed by atoms with Crippen molar-refractivity contribution in [2.45, 2.75) is 33.6 Å². The first-order valence-corrected chi connectivity index (χ1v) is 7.22. The summed E-state index contributed by atoms with van der Waals surface area (Å²) in [6.45, 7) is 6.44. The zero-order valence-electron chi connectivity index (χ0n) is 12.7. The Hall–Kier alpha value is -2.21. The molecule has 0 saturated carbocycles. The maximum Gasteiger partial charge on any atom is 0.356 e. The molecule has 6 nitrogen and oxygen atoms in total. The lowest BCUT2D eigenvalue weighted by molar-refractivity contribution is 0.729. The number of anilines is 1. The van der Waals surface area contributed by atoms with Gasteiger partial charge in [0.25, 0.3) is 0 Å². The molecule has 112 valence electrons. The third kappa shape index (κ3) is 2.95. The zero-order valence-corrected chi connectivity index (χ0v) is 12.7. The molecule has 0 aliphatic rings. The van der Waals surface area contributed by atoms with Gasteiger partial charge in [0.2, 0.25) is 5.95 Å². The Kier molecular flexibility index (Phi) is 4.70. The molecule has 1 heterocycles. The molecule has 6 heteroatoms. The topological polar surface area (TPSA) is 77.0 Å². The Morgan fingerprint density at radius 1 is 1.14 bits per heavy atom. The van der Waals surface area contributed by atoms with Gasteiger partial charge in [-0.2, -0.15) is 9.97 Å². The van der Waals surface area contributed by atoms with Crippen molar-refractivity contribution in [2.75, 3.05) is 11.6 Å². The van der Waals surface area contributed by atoms with Crippen LogP contribution in [0.5, 0.6) is 0 Å². The van der Waals surface area contributed by atoms with Crippen molar-refractivity contribution < 1.29 is 0 Å². The summed E-state index contributed by atoms with van der Waals surface area (Å²) in [5.74, 6) is 6.72. The van der Waals surface area contributed by atoms with Gasteiger partial charge in [-0.3, -0.25) is 5.01 Å². The van der Waals surface area contributed by atoms with Crippen LogP contribution in [0.1, 0.15) is 32.2 Å². The standard InChI is InChI=1S/C15H21N5O/c1-4-11-9-7-8-10-12(11)20-13(5-2)17-14(18-15(20)21)19(16)6-3/h7-10H,4-6,16H2,1-3H3. The van der Waals surface area contributed by atoms with Crippen LogP contribution in [-0.4, -0.2) is 21.1 Å². The lowest BCUT2D eigenvalue weighted by Crippen LogP contribution is -2.37. The van der Waals surface area contributed by atoms with Gasteiger partial charge in [-0.1, -0.05) is 32.0 Å². The Labute approximate surface area is 124 Å². The molecule has 0 aliphatic carbocycles. The van der Waals surface area contributed by atoms with Crippen LogP contribution in [0.2, 0.25) is 0 Å². The molecule has 0 unspecified atom stereocenters. The molecule has 0 atom stereocenters. The first-order chi connectivity index (χ1) is 10.1. The van der Waals surface area contributed by atoms with Crippen molar-refractivity contribution in [1.29, 1.82) is 0 Å². The quantitative estimate of drug-likeness (QED) is 0.665. The van der Waals surface area contributed by atoms with E-state index in [4.69, 9.17) is 5.84 Å². The zero-order chi connectivity index (χ0) is 15.4. The number of nitrogens with zero attached hydrogens (tertiary/aromatic N) is 4. The predicted molar refractivity (Wildman–Crippen MR) is 83.6 cm³/mol. The number of benzene rings is 1. The molecular weight excluding hydrogens is 266 g/mol. The number of rotatable bonds is 5. The molecule has 0 aliphatic heterocycles. The summed E-state index contributed by atoms with van der Waals surface area (Å²) in [4.78, 5) is 20.9. The summed E-state index contributed by atoms with van der Waals surface area (Å²) in [7, 11) is 0. The van der Waals surface area contributed by atoms with Crippen molar-refractivity contribution in [1.82, 2.24) is 14.5 Å². The molecule has 1 aromatic carbocycles. The highest BCUT2D eigenvalue weighted by atomic mass is 16.1. The Morgan fingerprint density at radius 3 is 2.48 bits per heavy atom. The van der Waals surface area contributed by atoms with E-state index < -0.39 is 0 Å². The monoisotopic (exact) mass is 287 g/mol. The Bertz CT molecular complexity index is 680. The number of aryl methyl sites for hydroxylation is 2. The second-order valence-corrected chi connectivity index (χ2v) is 4.68. The first-order valence-electron chi connectivity index (χ1n) is 7.22. The van der Waals surface area contributed by atoms with Gasteiger partial charge in [-0.05, 0) is 25.0 Å². The van der Waals surface area contributed by atoms with E-state index in [-0.39, 0.29) is 11.6 Å². The van der Waals surface area contributed by atoms with Crippen molar-refractivity contribution in [3.05, 3.63) is 46.1 Å². The predicted octanol–water partition coefficient (Wildman–Crippen LogP) is 1.45. The number of hydrazine groups is 1. The molecule has 1 aromatic heterocycles. The second-order valence-electron chi connectivity index (χ2n) is 4.68. The lowest BCUT2D eigenvalue weighted by atomic mass is 10.1. The summed E-state index contributed by atoms with van der Waals surface area (Å²) >= 11 is 0. The first kappa shape index (κ1) is 15.2. The molecule has 0 saturated heterocycles. The maximum atomic E-state index is 12.4. The Balaban J connectivity index is 2.67. The van der Waals surface area contributed by atoms with E-state index in [1.54, 1.807) is 4.57 Å². The van der Waals surface area contributed by atoms with E-state index in [2.05, 4.69) is 16.9 Å². The highest BCUT2D eigenvalue weighted by Crippen LogP contribution is 2.15. The molecule has 21 heavy (non-hydrogen) atoms. The van der Waals surface area contributed by atoms with Crippen molar-refractivity contribution >= 4 is 5.95 Å². The molecule has 2 rings (SSSR count). The largest absolute Gasteiger partial charge is 0.356 e. The average Bonchev–Trinajstić information content (AvgIpc) is 2.53. The summed E-state index contributed by atoms with van der Waals surface area (Å²) in [6, 6.07) is 7.81. The highest BCUT2D eigenvalue weighted by molar-refractivity contribution is 5.42. The van der Waals surface area contributed by atoms with Gasteiger partial charge in [0, 0.05) is 13.0 Å². The van der Waals surface area contributed by atoms with E-state index in [9.17, 15) is 4.79 Å². The molecule has 0 amide bonds. The van der Waals surface area contributed by atoms with Crippen LogP contribution in [0.3, 0.4) is 0 Å². The van der Waals surface area contributed by atoms with Crippen LogP contribution >= 0.6 is 0 Å². The van der Waals surface area contributed by atoms with E-state index >= 15 is 0 Å². The fraction of sp³-hybridized carbons (Fsp3) is 0.400. The van der Waals surface area contributed by atoms with Crippen LogP contribution in [0.4, 0.5) is 5.95 Å². The summed E-state index contributed by atoms with van der Waals surface area (Å²) in [5.41, 5.74) is 1.58. The van der Waals surface area contributed by atoms with Crippen LogP contribution in [0, 0.1) is 0 Å². The maximum absolute atomic E-state index is 12.4. The number of para-hydroxylation sites is 1. The number of aromatic nitrogens is 3. The minimum Gasteiger partial charge on any atom is -0.279 e. The van der Waals surface area contributed by atoms with Gasteiger partial charge in [0.1, 0.15) is 5.82 Å². The molecule has 0 spiro atoms. The molecular formula is C15H21N5O. The van der Waals surface area contributed by atoms with Gasteiger partial charge in [-0.25, -0.2) is 15.2 Å². The molecule has 0 radical (unpaired) electrons. The van der Waals surface area contributed by atoms with E-state index in [1.807, 2.05) is 38.1 Å². The fourth-order valence-electron chi connectivity index (χ4n) is 2.21. The minimum absolute atomic E-state index is 0.268. The molecule has 0 bridgehead atoms. The van der Waals surface area contributed by atoms with Crippen molar-refractivity contribution in [2.24, 2.45) is 5.84 Å². The van der Waals surface area contributed by atoms with Crippen LogP contribution in [-0.2, 0) is 12.8 Å². The SMILES string of the molecule is CCc1ccccc1-n1c(CC)nc(N(N)CC)nc1=O. The number of hydrogen-bond donors (Lipinski definition) is 1. The van der Waals surface area contributed by atoms with Gasteiger partial charge < -0.3 is 0 Å². The summed E-state index contributed by atoms with van der Waals surface area (Å²) in [6.07, 6.45) is 1.46. The van der Waals surface area contributed by atoms with Crippen LogP contribution in [0.15, 0.2) is 29.1 Å². The van der Waals surface area contributed by atoms with Gasteiger partial charge in [0.05, 0.1) is 5.69 Å². The number of hydrogen-bond acceptors (Lipinski definition) is 5. The highest BCUT2D eigenvalue weighted by Gasteiger charge is 2.14. The van der Waals surface area contributed by atoms with Gasteiger partial charge in [0.15, 0.2) is 0 Å². The smallest absolute Gasteiger partial charge is 0.279 e. The molecule has 0 fully saturated rings. The number of nitrogens with two attached hydrogens (primary N) is 1. The van der Waals surface area contributed by atoms with Crippen molar-refractivity contribution in [3.63, 3.8) is 0 Å². The summed E-state index contributed by atoms with van der Waals surface area (Å²) < 4.78 is 1.58. The van der Waals surface area contributed by atoms with Gasteiger partial charge >= 0.3 is 5.69 Å². The fourth-order valence-corrected chi connectivity index (χ4v) is 2.21. The van der Waals surface area contributed by atoms with E-state index in [1.165, 1.54) is 5.01 Å². The molecule has 2 N–H and O–H groups in total. The third-order valence-electron chi connectivity index (χ3n) is 3.40. The van der Waals surface area contributed by atoms with Crippen LogP contribution in [0.25, 0.3) is 5.69 Å².